The maximum Gasteiger partial charge on any atom is 0.321 e. The van der Waals surface area contributed by atoms with Crippen molar-refractivity contribution in [1.82, 2.24) is 4.90 Å². The van der Waals surface area contributed by atoms with E-state index in [1.54, 1.807) is 11.0 Å². The number of halogens is 1. The van der Waals surface area contributed by atoms with E-state index in [-0.39, 0.29) is 11.8 Å². The summed E-state index contributed by atoms with van der Waals surface area (Å²) in [5, 5.41) is 2.72. The number of carbonyl (C=O) groups is 1. The van der Waals surface area contributed by atoms with Crippen LogP contribution in [0.4, 0.5) is 14.9 Å². The molecule has 0 aromatic heterocycles. The summed E-state index contributed by atoms with van der Waals surface area (Å²) in [6.45, 7) is 1.54. The minimum atomic E-state index is -0.476. The van der Waals surface area contributed by atoms with Gasteiger partial charge < -0.3 is 15.0 Å². The van der Waals surface area contributed by atoms with Gasteiger partial charge >= 0.3 is 6.03 Å². The first-order chi connectivity index (χ1) is 9.20. The molecule has 1 heterocycles. The van der Waals surface area contributed by atoms with Crippen molar-refractivity contribution in [1.29, 1.82) is 0 Å². The molecule has 104 valence electrons. The second kappa shape index (κ2) is 6.41. The van der Waals surface area contributed by atoms with Crippen LogP contribution in [-0.2, 0) is 0 Å². The topological polar surface area (TPSA) is 41.6 Å². The highest BCUT2D eigenvalue weighted by Crippen LogP contribution is 2.21. The van der Waals surface area contributed by atoms with Crippen LogP contribution in [-0.4, -0.2) is 31.1 Å². The normalized spacial score (nSPS) is 15.8. The summed E-state index contributed by atoms with van der Waals surface area (Å²) in [5.74, 6) is -0.302. The van der Waals surface area contributed by atoms with Gasteiger partial charge in [0.2, 0.25) is 0 Å². The smallest absolute Gasteiger partial charge is 0.321 e. The zero-order valence-corrected chi connectivity index (χ0v) is 11.1. The van der Waals surface area contributed by atoms with Gasteiger partial charge in [-0.1, -0.05) is 12.8 Å². The number of anilines is 1. The average Bonchev–Trinajstić information content (AvgIpc) is 2.68. The molecule has 1 aromatic rings. The lowest BCUT2D eigenvalue weighted by molar-refractivity contribution is 0.214. The predicted molar refractivity (Wildman–Crippen MR) is 72.0 cm³/mol. The van der Waals surface area contributed by atoms with Crippen LogP contribution in [0.1, 0.15) is 25.7 Å². The number of benzene rings is 1. The minimum Gasteiger partial charge on any atom is -0.494 e. The second-order valence-corrected chi connectivity index (χ2v) is 4.68. The number of hydrogen-bond acceptors (Lipinski definition) is 2. The van der Waals surface area contributed by atoms with Gasteiger partial charge in [-0.15, -0.1) is 0 Å². The molecule has 0 unspecified atom stereocenters. The summed E-state index contributed by atoms with van der Waals surface area (Å²) >= 11 is 0. The van der Waals surface area contributed by atoms with Gasteiger partial charge in [-0.05, 0) is 25.0 Å². The van der Waals surface area contributed by atoms with Crippen molar-refractivity contribution in [2.75, 3.05) is 25.5 Å². The fourth-order valence-corrected chi connectivity index (χ4v) is 2.22. The lowest BCUT2D eigenvalue weighted by atomic mass is 10.2. The molecule has 0 bridgehead atoms. The number of likely N-dealkylation sites (tertiary alicyclic amines) is 1. The number of nitrogens with one attached hydrogen (secondary N) is 1. The number of nitrogens with zero attached hydrogens (tertiary/aromatic N) is 1. The van der Waals surface area contributed by atoms with Gasteiger partial charge in [0.15, 0.2) is 11.6 Å². The molecule has 0 aliphatic carbocycles. The van der Waals surface area contributed by atoms with Crippen LogP contribution >= 0.6 is 0 Å². The molecule has 0 spiro atoms. The third-order valence-corrected chi connectivity index (χ3v) is 3.30. The van der Waals surface area contributed by atoms with Crippen LogP contribution in [0.3, 0.4) is 0 Å². The van der Waals surface area contributed by atoms with Gasteiger partial charge in [-0.2, -0.15) is 0 Å². The molecule has 1 saturated heterocycles. The third-order valence-electron chi connectivity index (χ3n) is 3.30. The van der Waals surface area contributed by atoms with E-state index in [0.29, 0.717) is 5.69 Å². The van der Waals surface area contributed by atoms with E-state index >= 15 is 0 Å². The highest BCUT2D eigenvalue weighted by molar-refractivity contribution is 5.89. The van der Waals surface area contributed by atoms with Crippen LogP contribution in [0.5, 0.6) is 5.75 Å². The Kier molecular flexibility index (Phi) is 4.60. The van der Waals surface area contributed by atoms with Crippen molar-refractivity contribution in [3.8, 4) is 5.75 Å². The quantitative estimate of drug-likeness (QED) is 0.892. The van der Waals surface area contributed by atoms with Gasteiger partial charge in [0.1, 0.15) is 0 Å². The number of carbonyl (C=O) groups excluding carboxylic acids is 1. The number of rotatable bonds is 2. The molecular formula is C14H19FN2O2. The molecule has 2 rings (SSSR count). The lowest BCUT2D eigenvalue weighted by Crippen LogP contribution is -2.35. The summed E-state index contributed by atoms with van der Waals surface area (Å²) in [6.07, 6.45) is 4.40. The standard InChI is InChI=1S/C14H19FN2O2/c1-19-13-7-6-11(10-12(13)15)16-14(18)17-8-4-2-3-5-9-17/h6-7,10H,2-5,8-9H2,1H3,(H,16,18). The Hall–Kier alpha value is -1.78. The molecule has 1 aliphatic rings. The Labute approximate surface area is 112 Å². The van der Waals surface area contributed by atoms with Crippen molar-refractivity contribution in [3.05, 3.63) is 24.0 Å². The summed E-state index contributed by atoms with van der Waals surface area (Å²) in [5.41, 5.74) is 0.451. The van der Waals surface area contributed by atoms with Gasteiger partial charge in [-0.3, -0.25) is 0 Å². The van der Waals surface area contributed by atoms with Crippen LogP contribution in [0.25, 0.3) is 0 Å². The van der Waals surface area contributed by atoms with Gasteiger partial charge in [-0.25, -0.2) is 9.18 Å². The van der Waals surface area contributed by atoms with Gasteiger partial charge in [0.25, 0.3) is 0 Å². The Morgan fingerprint density at radius 1 is 1.26 bits per heavy atom. The van der Waals surface area contributed by atoms with Gasteiger partial charge in [0.05, 0.1) is 7.11 Å². The third kappa shape index (κ3) is 3.59. The second-order valence-electron chi connectivity index (χ2n) is 4.68. The molecule has 19 heavy (non-hydrogen) atoms. The Morgan fingerprint density at radius 3 is 2.53 bits per heavy atom. The maximum absolute atomic E-state index is 13.5. The monoisotopic (exact) mass is 266 g/mol. The summed E-state index contributed by atoms with van der Waals surface area (Å²) in [4.78, 5) is 13.8. The minimum absolute atomic E-state index is 0.161. The SMILES string of the molecule is COc1ccc(NC(=O)N2CCCCCC2)cc1F. The number of urea groups is 1. The summed E-state index contributed by atoms with van der Waals surface area (Å²) < 4.78 is 18.4. The lowest BCUT2D eigenvalue weighted by Gasteiger charge is -2.20. The molecule has 1 fully saturated rings. The molecule has 5 heteroatoms. The fourth-order valence-electron chi connectivity index (χ4n) is 2.22. The molecule has 0 radical (unpaired) electrons. The van der Waals surface area contributed by atoms with E-state index in [0.717, 1.165) is 25.9 Å². The van der Waals surface area contributed by atoms with E-state index < -0.39 is 5.82 Å². The van der Waals surface area contributed by atoms with E-state index in [2.05, 4.69) is 5.32 Å². The van der Waals surface area contributed by atoms with Crippen LogP contribution < -0.4 is 10.1 Å². The molecule has 0 atom stereocenters. The molecular weight excluding hydrogens is 247 g/mol. The Bertz CT molecular complexity index is 443. The summed E-state index contributed by atoms with van der Waals surface area (Å²) in [6, 6.07) is 4.26. The van der Waals surface area contributed by atoms with Crippen LogP contribution in [0, 0.1) is 5.82 Å². The zero-order chi connectivity index (χ0) is 13.7. The van der Waals surface area contributed by atoms with E-state index in [9.17, 15) is 9.18 Å². The Morgan fingerprint density at radius 2 is 1.95 bits per heavy atom. The number of hydrogen-bond donors (Lipinski definition) is 1. The first kappa shape index (κ1) is 13.6. The molecule has 1 aromatic carbocycles. The van der Waals surface area contributed by atoms with Crippen LogP contribution in [0.2, 0.25) is 0 Å². The van der Waals surface area contributed by atoms with Crippen molar-refractivity contribution < 1.29 is 13.9 Å². The largest absolute Gasteiger partial charge is 0.494 e. The van der Waals surface area contributed by atoms with E-state index in [4.69, 9.17) is 4.74 Å². The Balaban J connectivity index is 1.99. The first-order valence-electron chi connectivity index (χ1n) is 6.60. The molecule has 2 amide bonds. The van der Waals surface area contributed by atoms with E-state index in [1.807, 2.05) is 0 Å². The number of ether oxygens (including phenoxy) is 1. The molecule has 4 nitrogen and oxygen atoms in total. The van der Waals surface area contributed by atoms with Crippen LogP contribution in [0.15, 0.2) is 18.2 Å². The highest BCUT2D eigenvalue weighted by atomic mass is 19.1. The fraction of sp³-hybridized carbons (Fsp3) is 0.500. The predicted octanol–water partition coefficient (Wildman–Crippen LogP) is 3.24. The van der Waals surface area contributed by atoms with E-state index in [1.165, 1.54) is 32.1 Å². The molecule has 1 N–H and O–H groups in total. The van der Waals surface area contributed by atoms with Crippen molar-refractivity contribution >= 4 is 11.7 Å². The summed E-state index contributed by atoms with van der Waals surface area (Å²) in [7, 11) is 1.41. The van der Waals surface area contributed by atoms with Crippen molar-refractivity contribution in [2.45, 2.75) is 25.7 Å². The van der Waals surface area contributed by atoms with Crippen molar-refractivity contribution in [2.24, 2.45) is 0 Å². The number of amides is 2. The number of methoxy groups -OCH3 is 1. The zero-order valence-electron chi connectivity index (χ0n) is 11.1. The first-order valence-corrected chi connectivity index (χ1v) is 6.60. The maximum atomic E-state index is 13.5. The highest BCUT2D eigenvalue weighted by Gasteiger charge is 2.15. The van der Waals surface area contributed by atoms with Gasteiger partial charge in [0, 0.05) is 24.8 Å². The molecule has 1 aliphatic heterocycles. The average molecular weight is 266 g/mol. The molecule has 0 saturated carbocycles. The van der Waals surface area contributed by atoms with Crippen molar-refractivity contribution in [3.63, 3.8) is 0 Å².